The van der Waals surface area contributed by atoms with Crippen LogP contribution in [0.2, 0.25) is 0 Å². The molecule has 2 fully saturated rings. The number of thiocarbonyl (C=S) groups is 1. The van der Waals surface area contributed by atoms with Gasteiger partial charge >= 0.3 is 0 Å². The van der Waals surface area contributed by atoms with Crippen LogP contribution >= 0.6 is 12.2 Å². The zero-order valence-corrected chi connectivity index (χ0v) is 16.9. The molecule has 0 radical (unpaired) electrons. The maximum absolute atomic E-state index is 5.57. The number of benzene rings is 1. The molecule has 26 heavy (non-hydrogen) atoms. The monoisotopic (exact) mass is 376 g/mol. The highest BCUT2D eigenvalue weighted by molar-refractivity contribution is 7.80. The molecule has 0 unspecified atom stereocenters. The molecule has 1 heterocycles. The van der Waals surface area contributed by atoms with Crippen molar-refractivity contribution in [3.8, 4) is 5.75 Å². The molecule has 0 bridgehead atoms. The number of ether oxygens (including phenoxy) is 1. The van der Waals surface area contributed by atoms with E-state index in [9.17, 15) is 0 Å². The summed E-state index contributed by atoms with van der Waals surface area (Å²) < 4.78 is 5.21. The number of piperidine rings is 1. The van der Waals surface area contributed by atoms with E-state index < -0.39 is 0 Å². The van der Waals surface area contributed by atoms with Gasteiger partial charge in [0, 0.05) is 19.4 Å². The van der Waals surface area contributed by atoms with Gasteiger partial charge in [0.2, 0.25) is 0 Å². The van der Waals surface area contributed by atoms with E-state index >= 15 is 0 Å². The molecule has 2 aliphatic rings. The lowest BCUT2D eigenvalue weighted by Crippen LogP contribution is -3.22. The molecule has 3 rings (SSSR count). The van der Waals surface area contributed by atoms with Crippen molar-refractivity contribution in [2.45, 2.75) is 63.5 Å². The van der Waals surface area contributed by atoms with Gasteiger partial charge in [-0.1, -0.05) is 18.6 Å². The standard InChI is InChI=1S/C21H33N3OS/c1-25-19-10-8-18(9-11-19)16-22-20(26)23-17-21(12-4-2-5-13-21)24-14-6-3-7-15-24/h8-11H,2-7,12-17H2,1H3,(H2,22,23,26)/p+1. The number of hydrogen-bond donors (Lipinski definition) is 3. The number of nitrogens with one attached hydrogen (secondary N) is 3. The first-order chi connectivity index (χ1) is 12.7. The highest BCUT2D eigenvalue weighted by Crippen LogP contribution is 2.26. The zero-order chi connectivity index (χ0) is 18.2. The third-order valence-electron chi connectivity index (χ3n) is 6.22. The van der Waals surface area contributed by atoms with E-state index in [0.29, 0.717) is 5.54 Å². The molecule has 1 aliphatic carbocycles. The maximum atomic E-state index is 5.57. The Morgan fingerprint density at radius 2 is 1.65 bits per heavy atom. The quantitative estimate of drug-likeness (QED) is 0.667. The highest BCUT2D eigenvalue weighted by Gasteiger charge is 2.42. The van der Waals surface area contributed by atoms with Crippen molar-refractivity contribution in [2.75, 3.05) is 26.7 Å². The van der Waals surface area contributed by atoms with Crippen LogP contribution in [0.25, 0.3) is 0 Å². The smallest absolute Gasteiger partial charge is 0.166 e. The first-order valence-corrected chi connectivity index (χ1v) is 10.6. The van der Waals surface area contributed by atoms with Crippen LogP contribution < -0.4 is 20.3 Å². The lowest BCUT2D eigenvalue weighted by atomic mass is 9.79. The SMILES string of the molecule is COc1ccc(CNC(=S)NCC2([NH+]3CCCCC3)CCCCC2)cc1. The van der Waals surface area contributed by atoms with Crippen LogP contribution in [0.15, 0.2) is 24.3 Å². The fourth-order valence-corrected chi connectivity index (χ4v) is 4.77. The molecule has 0 atom stereocenters. The van der Waals surface area contributed by atoms with E-state index in [2.05, 4.69) is 22.8 Å². The molecule has 0 spiro atoms. The third kappa shape index (κ3) is 5.10. The first kappa shape index (κ1) is 19.4. The van der Waals surface area contributed by atoms with Crippen LogP contribution in [-0.2, 0) is 6.54 Å². The van der Waals surface area contributed by atoms with E-state index in [0.717, 1.165) is 24.0 Å². The van der Waals surface area contributed by atoms with Crippen molar-refractivity contribution in [2.24, 2.45) is 0 Å². The van der Waals surface area contributed by atoms with Crippen LogP contribution in [0.1, 0.15) is 56.9 Å². The summed E-state index contributed by atoms with van der Waals surface area (Å²) in [5, 5.41) is 7.70. The normalized spacial score (nSPS) is 20.3. The number of methoxy groups -OCH3 is 1. The van der Waals surface area contributed by atoms with Crippen molar-refractivity contribution >= 4 is 17.3 Å². The van der Waals surface area contributed by atoms with Gasteiger partial charge in [-0.15, -0.1) is 0 Å². The second-order valence-electron chi connectivity index (χ2n) is 7.89. The number of rotatable bonds is 6. The van der Waals surface area contributed by atoms with Gasteiger partial charge in [0.05, 0.1) is 26.7 Å². The molecule has 0 aromatic heterocycles. The Labute approximate surface area is 163 Å². The molecule has 4 nitrogen and oxygen atoms in total. The summed E-state index contributed by atoms with van der Waals surface area (Å²) in [5.74, 6) is 0.887. The third-order valence-corrected chi connectivity index (χ3v) is 6.51. The van der Waals surface area contributed by atoms with Crippen LogP contribution in [0.5, 0.6) is 5.75 Å². The first-order valence-electron chi connectivity index (χ1n) is 10.2. The molecule has 1 aromatic carbocycles. The Bertz CT molecular complexity index is 563. The molecule has 1 saturated heterocycles. The summed E-state index contributed by atoms with van der Waals surface area (Å²) in [6.45, 7) is 4.44. The molecule has 0 amide bonds. The zero-order valence-electron chi connectivity index (χ0n) is 16.1. The Morgan fingerprint density at radius 3 is 2.31 bits per heavy atom. The minimum atomic E-state index is 0.393. The summed E-state index contributed by atoms with van der Waals surface area (Å²) in [6, 6.07) is 8.14. The van der Waals surface area contributed by atoms with Gasteiger partial charge in [-0.2, -0.15) is 0 Å². The Balaban J connectivity index is 1.50. The van der Waals surface area contributed by atoms with E-state index in [-0.39, 0.29) is 0 Å². The number of hydrogen-bond acceptors (Lipinski definition) is 2. The number of likely N-dealkylation sites (tertiary alicyclic amines) is 1. The molecule has 1 saturated carbocycles. The highest BCUT2D eigenvalue weighted by atomic mass is 32.1. The van der Waals surface area contributed by atoms with Gasteiger partial charge in [0.15, 0.2) is 5.11 Å². The van der Waals surface area contributed by atoms with Gasteiger partial charge in [-0.3, -0.25) is 0 Å². The van der Waals surface area contributed by atoms with Crippen molar-refractivity contribution < 1.29 is 9.64 Å². The second-order valence-corrected chi connectivity index (χ2v) is 8.30. The van der Waals surface area contributed by atoms with Gasteiger partial charge in [0.1, 0.15) is 11.3 Å². The summed E-state index contributed by atoms with van der Waals surface area (Å²) in [4.78, 5) is 1.83. The van der Waals surface area contributed by atoms with Gasteiger partial charge in [-0.25, -0.2) is 0 Å². The second kappa shape index (κ2) is 9.56. The molecule has 5 heteroatoms. The van der Waals surface area contributed by atoms with E-state index in [4.69, 9.17) is 17.0 Å². The van der Waals surface area contributed by atoms with Gasteiger partial charge in [-0.05, 0) is 62.0 Å². The minimum Gasteiger partial charge on any atom is -0.497 e. The fraction of sp³-hybridized carbons (Fsp3) is 0.667. The van der Waals surface area contributed by atoms with E-state index in [1.807, 2.05) is 17.0 Å². The van der Waals surface area contributed by atoms with Crippen LogP contribution in [0, 0.1) is 0 Å². The summed E-state index contributed by atoms with van der Waals surface area (Å²) >= 11 is 5.57. The molecule has 1 aromatic rings. The molecule has 3 N–H and O–H groups in total. The van der Waals surface area contributed by atoms with Crippen molar-refractivity contribution in [1.82, 2.24) is 10.6 Å². The van der Waals surface area contributed by atoms with Crippen LogP contribution in [0.4, 0.5) is 0 Å². The van der Waals surface area contributed by atoms with E-state index in [1.54, 1.807) is 7.11 Å². The topological polar surface area (TPSA) is 37.7 Å². The lowest BCUT2D eigenvalue weighted by Gasteiger charge is -2.45. The number of quaternary nitrogens is 1. The molecule has 1 aliphatic heterocycles. The Morgan fingerprint density at radius 1 is 1.00 bits per heavy atom. The van der Waals surface area contributed by atoms with Crippen LogP contribution in [-0.4, -0.2) is 37.4 Å². The summed E-state index contributed by atoms with van der Waals surface area (Å²) in [7, 11) is 1.69. The van der Waals surface area contributed by atoms with Gasteiger partial charge in [0.25, 0.3) is 0 Å². The lowest BCUT2D eigenvalue weighted by molar-refractivity contribution is -0.957. The molecular formula is C21H34N3OS+. The van der Waals surface area contributed by atoms with E-state index in [1.165, 1.54) is 70.0 Å². The fourth-order valence-electron chi connectivity index (χ4n) is 4.63. The predicted molar refractivity (Wildman–Crippen MR) is 111 cm³/mol. The van der Waals surface area contributed by atoms with Gasteiger partial charge < -0.3 is 20.3 Å². The van der Waals surface area contributed by atoms with Crippen LogP contribution in [0.3, 0.4) is 0 Å². The van der Waals surface area contributed by atoms with Crippen molar-refractivity contribution in [3.05, 3.63) is 29.8 Å². The summed E-state index contributed by atoms with van der Waals surface area (Å²) in [5.41, 5.74) is 1.61. The van der Waals surface area contributed by atoms with Crippen molar-refractivity contribution in [3.63, 3.8) is 0 Å². The van der Waals surface area contributed by atoms with Crippen molar-refractivity contribution in [1.29, 1.82) is 0 Å². The average Bonchev–Trinajstić information content (AvgIpc) is 2.72. The minimum absolute atomic E-state index is 0.393. The molecular weight excluding hydrogens is 342 g/mol. The Kier molecular flexibility index (Phi) is 7.15. The predicted octanol–water partition coefficient (Wildman–Crippen LogP) is 2.43. The maximum Gasteiger partial charge on any atom is 0.166 e. The molecule has 144 valence electrons. The Hall–Kier alpha value is -1.33. The summed E-state index contributed by atoms with van der Waals surface area (Å²) in [6.07, 6.45) is 11.0. The average molecular weight is 377 g/mol. The largest absolute Gasteiger partial charge is 0.497 e.